The molecule has 1 saturated heterocycles. The first kappa shape index (κ1) is 25.4. The van der Waals surface area contributed by atoms with Gasteiger partial charge in [-0.3, -0.25) is 9.79 Å². The maximum absolute atomic E-state index is 12.0. The Bertz CT molecular complexity index is 581. The fourth-order valence-corrected chi connectivity index (χ4v) is 3.92. The quantitative estimate of drug-likeness (QED) is 0.234. The molecular formula is C16H33IN4O4S. The summed E-state index contributed by atoms with van der Waals surface area (Å²) in [6, 6.07) is 0. The fourth-order valence-electron chi connectivity index (χ4n) is 2.85. The van der Waals surface area contributed by atoms with Crippen molar-refractivity contribution >= 4 is 45.9 Å². The van der Waals surface area contributed by atoms with Crippen LogP contribution in [0.1, 0.15) is 40.5 Å². The molecule has 1 unspecified atom stereocenters. The summed E-state index contributed by atoms with van der Waals surface area (Å²) < 4.78 is 30.6. The van der Waals surface area contributed by atoms with Gasteiger partial charge in [0.1, 0.15) is 0 Å². The van der Waals surface area contributed by atoms with Crippen molar-refractivity contribution in [2.45, 2.75) is 46.1 Å². The molecule has 26 heavy (non-hydrogen) atoms. The highest BCUT2D eigenvalue weighted by molar-refractivity contribution is 14.0. The molecule has 0 spiro atoms. The van der Waals surface area contributed by atoms with Crippen LogP contribution in [0, 0.1) is 5.92 Å². The number of carbonyl (C=O) groups excluding carboxylic acids is 1. The average Bonchev–Trinajstić information content (AvgIpc) is 2.49. The average molecular weight is 504 g/mol. The van der Waals surface area contributed by atoms with Crippen LogP contribution in [-0.4, -0.2) is 69.8 Å². The Kier molecular flexibility index (Phi) is 11.0. The van der Waals surface area contributed by atoms with Crippen molar-refractivity contribution in [2.75, 3.05) is 39.0 Å². The van der Waals surface area contributed by atoms with Gasteiger partial charge < -0.3 is 15.0 Å². The predicted octanol–water partition coefficient (Wildman–Crippen LogP) is 1.17. The summed E-state index contributed by atoms with van der Waals surface area (Å²) >= 11 is 0. The van der Waals surface area contributed by atoms with Gasteiger partial charge in [0.25, 0.3) is 0 Å². The number of ether oxygens (including phenoxy) is 1. The number of hydrogen-bond donors (Lipinski definition) is 2. The second kappa shape index (κ2) is 11.3. The fraction of sp³-hybridized carbons (Fsp3) is 0.875. The molecule has 2 N–H and O–H groups in total. The summed E-state index contributed by atoms with van der Waals surface area (Å²) in [5.41, 5.74) is -0.690. The molecule has 1 aliphatic rings. The van der Waals surface area contributed by atoms with Gasteiger partial charge in [0.15, 0.2) is 5.96 Å². The van der Waals surface area contributed by atoms with Crippen LogP contribution < -0.4 is 10.0 Å². The summed E-state index contributed by atoms with van der Waals surface area (Å²) in [6.07, 6.45) is 2.84. The van der Waals surface area contributed by atoms with Crippen LogP contribution in [0.3, 0.4) is 0 Å². The van der Waals surface area contributed by atoms with Gasteiger partial charge in [-0.25, -0.2) is 13.1 Å². The Labute approximate surface area is 174 Å². The van der Waals surface area contributed by atoms with E-state index in [2.05, 4.69) is 15.0 Å². The van der Waals surface area contributed by atoms with E-state index in [1.165, 1.54) is 0 Å². The third-order valence-electron chi connectivity index (χ3n) is 3.76. The van der Waals surface area contributed by atoms with E-state index in [1.807, 2.05) is 11.8 Å². The number of rotatable bonds is 7. The van der Waals surface area contributed by atoms with E-state index in [-0.39, 0.29) is 35.9 Å². The lowest BCUT2D eigenvalue weighted by Gasteiger charge is -2.34. The lowest BCUT2D eigenvalue weighted by atomic mass is 9.98. The smallest absolute Gasteiger partial charge is 0.310 e. The lowest BCUT2D eigenvalue weighted by molar-refractivity contribution is -0.149. The van der Waals surface area contributed by atoms with Gasteiger partial charge in [-0.2, -0.15) is 0 Å². The Hall–Kier alpha value is -0.620. The minimum atomic E-state index is -3.31. The molecule has 0 bridgehead atoms. The van der Waals surface area contributed by atoms with Crippen molar-refractivity contribution in [3.05, 3.63) is 0 Å². The van der Waals surface area contributed by atoms with E-state index in [0.29, 0.717) is 32.2 Å². The number of guanidine groups is 1. The number of nitrogens with zero attached hydrogens (tertiary/aromatic N) is 2. The number of likely N-dealkylation sites (tertiary alicyclic amines) is 1. The number of halogens is 1. The van der Waals surface area contributed by atoms with Crippen LogP contribution in [0.4, 0.5) is 0 Å². The van der Waals surface area contributed by atoms with E-state index in [9.17, 15) is 13.2 Å². The van der Waals surface area contributed by atoms with Gasteiger partial charge in [-0.05, 0) is 40.5 Å². The van der Waals surface area contributed by atoms with Gasteiger partial charge in [0.05, 0.1) is 25.3 Å². The third-order valence-corrected chi connectivity index (χ3v) is 4.68. The molecule has 1 heterocycles. The van der Waals surface area contributed by atoms with E-state index >= 15 is 0 Å². The van der Waals surface area contributed by atoms with Crippen molar-refractivity contribution in [1.29, 1.82) is 0 Å². The number of aliphatic imine (C=N–C) groups is 1. The molecule has 0 radical (unpaired) electrons. The standard InChI is InChI=1S/C16H32N4O4S.HI/c1-6-17-15(18-12-16(3,4)19-25(5,22)23)20-10-8-9-13(11-20)14(21)24-7-2;/h13,19H,6-12H2,1-5H3,(H,17,18);1H. The van der Waals surface area contributed by atoms with Crippen molar-refractivity contribution in [3.63, 3.8) is 0 Å². The van der Waals surface area contributed by atoms with Gasteiger partial charge in [-0.1, -0.05) is 0 Å². The van der Waals surface area contributed by atoms with Crippen LogP contribution in [0.5, 0.6) is 0 Å². The SMILES string of the molecule is CCNC(=NCC(C)(C)NS(C)(=O)=O)N1CCCC(C(=O)OCC)C1.I. The van der Waals surface area contributed by atoms with Crippen LogP contribution in [0.15, 0.2) is 4.99 Å². The van der Waals surface area contributed by atoms with Crippen molar-refractivity contribution < 1.29 is 17.9 Å². The second-order valence-electron chi connectivity index (χ2n) is 6.97. The largest absolute Gasteiger partial charge is 0.466 e. The molecule has 0 aliphatic carbocycles. The summed E-state index contributed by atoms with van der Waals surface area (Å²) in [7, 11) is -3.31. The number of nitrogens with one attached hydrogen (secondary N) is 2. The van der Waals surface area contributed by atoms with Crippen LogP contribution in [-0.2, 0) is 19.6 Å². The molecule has 0 saturated carbocycles. The monoisotopic (exact) mass is 504 g/mol. The number of esters is 1. The molecule has 10 heteroatoms. The van der Waals surface area contributed by atoms with E-state index < -0.39 is 15.6 Å². The highest BCUT2D eigenvalue weighted by Gasteiger charge is 2.29. The molecule has 1 rings (SSSR count). The Morgan fingerprint density at radius 3 is 2.54 bits per heavy atom. The minimum absolute atomic E-state index is 0. The molecular weight excluding hydrogens is 471 g/mol. The topological polar surface area (TPSA) is 100 Å². The van der Waals surface area contributed by atoms with Crippen molar-refractivity contribution in [3.8, 4) is 0 Å². The maximum atomic E-state index is 12.0. The second-order valence-corrected chi connectivity index (χ2v) is 8.71. The molecule has 1 fully saturated rings. The molecule has 154 valence electrons. The molecule has 0 aromatic carbocycles. The maximum Gasteiger partial charge on any atom is 0.310 e. The first-order valence-electron chi connectivity index (χ1n) is 8.77. The van der Waals surface area contributed by atoms with Gasteiger partial charge >= 0.3 is 5.97 Å². The van der Waals surface area contributed by atoms with Gasteiger partial charge in [0.2, 0.25) is 10.0 Å². The van der Waals surface area contributed by atoms with Crippen molar-refractivity contribution in [2.24, 2.45) is 10.9 Å². The highest BCUT2D eigenvalue weighted by atomic mass is 127. The number of hydrogen-bond acceptors (Lipinski definition) is 5. The molecule has 0 aromatic heterocycles. The van der Waals surface area contributed by atoms with Gasteiger partial charge in [-0.15, -0.1) is 24.0 Å². The predicted molar refractivity (Wildman–Crippen MR) is 114 cm³/mol. The summed E-state index contributed by atoms with van der Waals surface area (Å²) in [5.74, 6) is 0.377. The highest BCUT2D eigenvalue weighted by Crippen LogP contribution is 2.18. The van der Waals surface area contributed by atoms with E-state index in [1.54, 1.807) is 20.8 Å². The van der Waals surface area contributed by atoms with Gasteiger partial charge in [0, 0.05) is 25.2 Å². The molecule has 1 aliphatic heterocycles. The number of sulfonamides is 1. The molecule has 1 atom stereocenters. The number of piperidine rings is 1. The Morgan fingerprint density at radius 1 is 1.35 bits per heavy atom. The summed E-state index contributed by atoms with van der Waals surface area (Å²) in [4.78, 5) is 18.6. The normalized spacial score (nSPS) is 18.9. The summed E-state index contributed by atoms with van der Waals surface area (Å²) in [6.45, 7) is 10.1. The minimum Gasteiger partial charge on any atom is -0.466 e. The zero-order valence-corrected chi connectivity index (χ0v) is 19.5. The first-order valence-corrected chi connectivity index (χ1v) is 10.7. The van der Waals surface area contributed by atoms with Crippen molar-refractivity contribution in [1.82, 2.24) is 14.9 Å². The van der Waals surface area contributed by atoms with E-state index in [0.717, 1.165) is 25.6 Å². The van der Waals surface area contributed by atoms with Crippen LogP contribution in [0.25, 0.3) is 0 Å². The Balaban J connectivity index is 0.00000625. The van der Waals surface area contributed by atoms with Crippen LogP contribution in [0.2, 0.25) is 0 Å². The zero-order chi connectivity index (χ0) is 19.1. The number of carbonyl (C=O) groups is 1. The lowest BCUT2D eigenvalue weighted by Crippen LogP contribution is -2.50. The van der Waals surface area contributed by atoms with Crippen LogP contribution >= 0.6 is 24.0 Å². The first-order chi connectivity index (χ1) is 11.6. The summed E-state index contributed by atoms with van der Waals surface area (Å²) in [5, 5.41) is 3.23. The molecule has 0 aromatic rings. The van der Waals surface area contributed by atoms with E-state index in [4.69, 9.17) is 4.74 Å². The third kappa shape index (κ3) is 9.36. The molecule has 8 nitrogen and oxygen atoms in total. The molecule has 0 amide bonds. The Morgan fingerprint density at radius 2 is 2.00 bits per heavy atom. The zero-order valence-electron chi connectivity index (χ0n) is 16.4.